The first kappa shape index (κ1) is 23.3. The van der Waals surface area contributed by atoms with E-state index in [1.807, 2.05) is 57.1 Å². The first-order chi connectivity index (χ1) is 15.4. The Morgan fingerprint density at radius 2 is 1.97 bits per heavy atom. The lowest BCUT2D eigenvalue weighted by molar-refractivity contribution is 0.353. The summed E-state index contributed by atoms with van der Waals surface area (Å²) in [5.41, 5.74) is 3.21. The molecule has 1 heterocycles. The van der Waals surface area contributed by atoms with Crippen LogP contribution in [0.15, 0.2) is 40.1 Å². The van der Waals surface area contributed by atoms with Gasteiger partial charge < -0.3 is 24.7 Å². The molecule has 0 radical (unpaired) electrons. The third-order valence-corrected chi connectivity index (χ3v) is 5.32. The molecule has 2 aromatic carbocycles. The molecule has 3 rings (SSSR count). The molecule has 0 atom stereocenters. The van der Waals surface area contributed by atoms with E-state index in [-0.39, 0.29) is 5.56 Å². The number of rotatable bonds is 8. The van der Waals surface area contributed by atoms with Crippen LogP contribution in [0.4, 0.5) is 5.69 Å². The van der Waals surface area contributed by atoms with Gasteiger partial charge in [-0.2, -0.15) is 4.98 Å². The summed E-state index contributed by atoms with van der Waals surface area (Å²) in [6.45, 7) is 4.99. The third kappa shape index (κ3) is 5.08. The maximum Gasteiger partial charge on any atom is 0.281 e. The standard InChI is InChI=1S/C24H31N5O3/c1-7-18-22-19(12-20(31-5)23(18)32-6)27-21(28-24(22)30)14-25-13-16-9-8-10-17(11-16)26-15(2)29(3)4/h8-12,25H,7,13-14H2,1-6H3,(H,27,28,30)/b26-15+. The number of nitrogens with zero attached hydrogens (tertiary/aromatic N) is 3. The van der Waals surface area contributed by atoms with Crippen LogP contribution in [0.5, 0.6) is 11.5 Å². The van der Waals surface area contributed by atoms with Crippen LogP contribution in [0, 0.1) is 0 Å². The first-order valence-corrected chi connectivity index (χ1v) is 10.6. The number of fused-ring (bicyclic) bond motifs is 1. The molecule has 1 aromatic heterocycles. The summed E-state index contributed by atoms with van der Waals surface area (Å²) in [5, 5.41) is 3.88. The minimum absolute atomic E-state index is 0.274. The smallest absolute Gasteiger partial charge is 0.281 e. The van der Waals surface area contributed by atoms with Gasteiger partial charge >= 0.3 is 0 Å². The summed E-state index contributed by atoms with van der Waals surface area (Å²) < 4.78 is 10.9. The SMILES string of the molecule is CCc1c(OC)c(OC)cc2[nH]c(CNCc3cccc(/N=C(\C)N(C)C)c3)nc(=O)c12. The number of benzene rings is 2. The number of methoxy groups -OCH3 is 2. The lowest BCUT2D eigenvalue weighted by Crippen LogP contribution is -2.20. The van der Waals surface area contributed by atoms with Crippen molar-refractivity contribution in [1.29, 1.82) is 0 Å². The molecule has 3 aromatic rings. The zero-order valence-corrected chi connectivity index (χ0v) is 19.6. The molecule has 0 saturated carbocycles. The Labute approximate surface area is 188 Å². The van der Waals surface area contributed by atoms with Crippen LogP contribution >= 0.6 is 0 Å². The monoisotopic (exact) mass is 437 g/mol. The molecule has 8 heteroatoms. The molecule has 0 aliphatic carbocycles. The third-order valence-electron chi connectivity index (χ3n) is 5.32. The number of aromatic amines is 1. The van der Waals surface area contributed by atoms with E-state index in [4.69, 9.17) is 9.47 Å². The van der Waals surface area contributed by atoms with Crippen molar-refractivity contribution < 1.29 is 9.47 Å². The number of hydrogen-bond donors (Lipinski definition) is 2. The van der Waals surface area contributed by atoms with E-state index in [0.717, 1.165) is 22.6 Å². The first-order valence-electron chi connectivity index (χ1n) is 10.6. The number of amidine groups is 1. The summed E-state index contributed by atoms with van der Waals surface area (Å²) in [4.78, 5) is 26.9. The highest BCUT2D eigenvalue weighted by molar-refractivity contribution is 5.86. The largest absolute Gasteiger partial charge is 0.493 e. The van der Waals surface area contributed by atoms with Crippen molar-refractivity contribution in [3.63, 3.8) is 0 Å². The second-order valence-electron chi connectivity index (χ2n) is 7.68. The second-order valence-corrected chi connectivity index (χ2v) is 7.68. The fraction of sp³-hybridized carbons (Fsp3) is 0.375. The number of aliphatic imine (C=N–C) groups is 1. The number of aromatic nitrogens is 2. The minimum atomic E-state index is -0.274. The lowest BCUT2D eigenvalue weighted by atomic mass is 10.0. The van der Waals surface area contributed by atoms with Gasteiger partial charge in [0, 0.05) is 32.3 Å². The van der Waals surface area contributed by atoms with Gasteiger partial charge in [-0.3, -0.25) is 4.79 Å². The summed E-state index contributed by atoms with van der Waals surface area (Å²) in [6.07, 6.45) is 0.630. The van der Waals surface area contributed by atoms with Crippen LogP contribution in [0.2, 0.25) is 0 Å². The fourth-order valence-corrected chi connectivity index (χ4v) is 3.54. The Balaban J connectivity index is 1.81. The van der Waals surface area contributed by atoms with E-state index in [2.05, 4.69) is 20.3 Å². The molecule has 0 amide bonds. The van der Waals surface area contributed by atoms with E-state index in [0.29, 0.717) is 47.7 Å². The van der Waals surface area contributed by atoms with Gasteiger partial charge in [0.15, 0.2) is 11.5 Å². The van der Waals surface area contributed by atoms with Gasteiger partial charge in [-0.25, -0.2) is 4.99 Å². The van der Waals surface area contributed by atoms with Crippen molar-refractivity contribution in [1.82, 2.24) is 20.2 Å². The van der Waals surface area contributed by atoms with Crippen LogP contribution in [-0.4, -0.2) is 49.0 Å². The molecule has 0 unspecified atom stereocenters. The number of H-pyrrole nitrogens is 1. The highest BCUT2D eigenvalue weighted by Crippen LogP contribution is 2.35. The van der Waals surface area contributed by atoms with Crippen molar-refractivity contribution in [2.75, 3.05) is 28.3 Å². The van der Waals surface area contributed by atoms with Crippen molar-refractivity contribution in [2.45, 2.75) is 33.4 Å². The quantitative estimate of drug-likeness (QED) is 0.415. The molecular formula is C24H31N5O3. The zero-order valence-electron chi connectivity index (χ0n) is 19.6. The van der Waals surface area contributed by atoms with E-state index < -0.39 is 0 Å². The van der Waals surface area contributed by atoms with Gasteiger partial charge in [0.2, 0.25) is 0 Å². The van der Waals surface area contributed by atoms with Gasteiger partial charge in [-0.05, 0) is 31.0 Å². The number of hydrogen-bond acceptors (Lipinski definition) is 6. The van der Waals surface area contributed by atoms with Gasteiger partial charge in [0.1, 0.15) is 11.7 Å². The number of ether oxygens (including phenoxy) is 2. The van der Waals surface area contributed by atoms with Crippen LogP contribution < -0.4 is 20.3 Å². The van der Waals surface area contributed by atoms with Gasteiger partial charge in [0.05, 0.1) is 37.4 Å². The van der Waals surface area contributed by atoms with E-state index in [9.17, 15) is 4.79 Å². The molecule has 170 valence electrons. The van der Waals surface area contributed by atoms with Crippen LogP contribution in [-0.2, 0) is 19.5 Å². The van der Waals surface area contributed by atoms with Crippen molar-refractivity contribution in [3.8, 4) is 11.5 Å². The molecule has 0 aliphatic heterocycles. The molecule has 0 aliphatic rings. The van der Waals surface area contributed by atoms with Gasteiger partial charge in [-0.15, -0.1) is 0 Å². The normalized spacial score (nSPS) is 11.6. The molecule has 32 heavy (non-hydrogen) atoms. The Morgan fingerprint density at radius 3 is 2.62 bits per heavy atom. The van der Waals surface area contributed by atoms with Crippen molar-refractivity contribution >= 4 is 22.4 Å². The molecule has 0 saturated heterocycles. The Bertz CT molecular complexity index is 1180. The van der Waals surface area contributed by atoms with Gasteiger partial charge in [-0.1, -0.05) is 19.1 Å². The van der Waals surface area contributed by atoms with Crippen LogP contribution in [0.3, 0.4) is 0 Å². The number of nitrogens with one attached hydrogen (secondary N) is 2. The highest BCUT2D eigenvalue weighted by Gasteiger charge is 2.17. The summed E-state index contributed by atoms with van der Waals surface area (Å²) in [5.74, 6) is 2.66. The Hall–Kier alpha value is -3.39. The summed E-state index contributed by atoms with van der Waals surface area (Å²) in [7, 11) is 7.10. The fourth-order valence-electron chi connectivity index (χ4n) is 3.54. The van der Waals surface area contributed by atoms with Crippen molar-refractivity contribution in [3.05, 3.63) is 57.6 Å². The van der Waals surface area contributed by atoms with Crippen LogP contribution in [0.1, 0.15) is 30.8 Å². The number of aryl methyl sites for hydroxylation is 1. The molecule has 0 bridgehead atoms. The van der Waals surface area contributed by atoms with Crippen molar-refractivity contribution in [2.24, 2.45) is 4.99 Å². The zero-order chi connectivity index (χ0) is 23.3. The molecule has 0 spiro atoms. The average molecular weight is 438 g/mol. The van der Waals surface area contributed by atoms with Gasteiger partial charge in [0.25, 0.3) is 5.56 Å². The maximum atomic E-state index is 12.8. The molecular weight excluding hydrogens is 406 g/mol. The van der Waals surface area contributed by atoms with E-state index >= 15 is 0 Å². The Morgan fingerprint density at radius 1 is 1.19 bits per heavy atom. The summed E-state index contributed by atoms with van der Waals surface area (Å²) in [6, 6.07) is 9.83. The highest BCUT2D eigenvalue weighted by atomic mass is 16.5. The molecule has 8 nitrogen and oxygen atoms in total. The van der Waals surface area contributed by atoms with Crippen LogP contribution in [0.25, 0.3) is 10.9 Å². The second kappa shape index (κ2) is 10.3. The average Bonchev–Trinajstić information content (AvgIpc) is 2.77. The predicted molar refractivity (Wildman–Crippen MR) is 128 cm³/mol. The maximum absolute atomic E-state index is 12.8. The minimum Gasteiger partial charge on any atom is -0.493 e. The molecule has 0 fully saturated rings. The Kier molecular flexibility index (Phi) is 7.48. The lowest BCUT2D eigenvalue weighted by Gasteiger charge is -2.15. The predicted octanol–water partition coefficient (Wildman–Crippen LogP) is 3.40. The summed E-state index contributed by atoms with van der Waals surface area (Å²) >= 11 is 0. The van der Waals surface area contributed by atoms with E-state index in [1.165, 1.54) is 0 Å². The molecule has 2 N–H and O–H groups in total. The van der Waals surface area contributed by atoms with E-state index in [1.54, 1.807) is 20.3 Å². The topological polar surface area (TPSA) is 91.8 Å².